The van der Waals surface area contributed by atoms with Gasteiger partial charge in [0.05, 0.1) is 0 Å². The van der Waals surface area contributed by atoms with Crippen molar-refractivity contribution in [3.63, 3.8) is 0 Å². The molecule has 81 heavy (non-hydrogen) atoms. The summed E-state index contributed by atoms with van der Waals surface area (Å²) in [5, 5.41) is 16.7. The second-order valence-electron chi connectivity index (χ2n) is 26.3. The summed E-state index contributed by atoms with van der Waals surface area (Å²) in [4.78, 5) is 0. The number of rotatable bonds is 3. The third-order valence-electron chi connectivity index (χ3n) is 23.5. The van der Waals surface area contributed by atoms with E-state index in [4.69, 9.17) is 4.42 Å². The van der Waals surface area contributed by atoms with Crippen LogP contribution >= 0.6 is 0 Å². The van der Waals surface area contributed by atoms with E-state index in [1.807, 2.05) is 0 Å². The van der Waals surface area contributed by atoms with Crippen molar-refractivity contribution >= 4 is 475 Å². The molecule has 0 N–H and O–H groups in total. The van der Waals surface area contributed by atoms with Crippen LogP contribution in [0.3, 0.4) is 0 Å². The van der Waals surface area contributed by atoms with Gasteiger partial charge in [0, 0.05) is 10.8 Å². The number of hydrogen-bond acceptors (Lipinski definition) is 1. The molecule has 0 bridgehead atoms. The molecule has 0 fully saturated rings. The molecule has 0 aliphatic carbocycles. The summed E-state index contributed by atoms with van der Waals surface area (Å²) in [6.07, 6.45) is 0. The first-order valence-electron chi connectivity index (χ1n) is 30.2. The summed E-state index contributed by atoms with van der Waals surface area (Å²) in [6, 6.07) is 0. The topological polar surface area (TPSA) is 13.1 Å². The lowest BCUT2D eigenvalue weighted by Gasteiger charge is -2.32. The van der Waals surface area contributed by atoms with Gasteiger partial charge in [-0.25, -0.2) is 0 Å². The first kappa shape index (κ1) is 58.0. The second kappa shape index (κ2) is 19.4. The lowest BCUT2D eigenvalue weighted by Crippen LogP contribution is -2.52. The van der Waals surface area contributed by atoms with Crippen molar-refractivity contribution < 1.29 is 4.42 Å². The molecule has 0 amide bonds. The highest BCUT2D eigenvalue weighted by Crippen LogP contribution is 2.40. The van der Waals surface area contributed by atoms with Crippen LogP contribution in [0.15, 0.2) is 4.42 Å². The normalized spacial score (nSPS) is 12.0. The number of furan rings is 1. The predicted octanol–water partition coefficient (Wildman–Crippen LogP) is -37.9. The van der Waals surface area contributed by atoms with Gasteiger partial charge in [0.2, 0.25) is 0 Å². The van der Waals surface area contributed by atoms with Crippen LogP contribution in [0.1, 0.15) is 0 Å². The zero-order valence-electron chi connectivity index (χ0n) is 55.4. The van der Waals surface area contributed by atoms with Gasteiger partial charge in [0.1, 0.15) is 247 Å². The van der Waals surface area contributed by atoms with Gasteiger partial charge in [-0.3, -0.25) is 0 Å². The van der Waals surface area contributed by atoms with Crippen LogP contribution in [0.5, 0.6) is 0 Å². The van der Waals surface area contributed by atoms with Crippen LogP contribution in [-0.4, -0.2) is 235 Å². The molecule has 10 aromatic carbocycles. The fourth-order valence-corrected chi connectivity index (χ4v) is 16.6. The monoisotopic (exact) mass is 1010 g/mol. The van der Waals surface area contributed by atoms with E-state index >= 15 is 0 Å². The van der Waals surface area contributed by atoms with E-state index < -0.39 is 0 Å². The Labute approximate surface area is 509 Å². The van der Waals surface area contributed by atoms with Crippen LogP contribution in [0.2, 0.25) is 0 Å². The van der Waals surface area contributed by atoms with Crippen molar-refractivity contribution in [3.8, 4) is 33.4 Å². The summed E-state index contributed by atoms with van der Waals surface area (Å²) in [7, 11) is 71.5. The van der Waals surface area contributed by atoms with E-state index in [2.05, 4.69) is 235 Å². The van der Waals surface area contributed by atoms with Crippen molar-refractivity contribution in [1.29, 1.82) is 0 Å². The SMILES string of the molecule is Bc1c(B)c(B)c2c(oc3c(B)c(B)c(-c4c5c(B)c(B)c(B)c(B)c5c(-c5c(B)c(B)c6c(B)c(-c7c(B)c8c(B)c(B)c(B)c(B)c8c8c(B)c(B)c(B)c(B)c78)c(B)c(B)c6c5B)c5c(B)c(B)c(B)c(B)c45)c(B)c32)c1B. The molecule has 31 heteroatoms. The maximum Gasteiger partial charge on any atom is 0.143 e. The minimum Gasteiger partial charge on any atom is -0.457 e. The van der Waals surface area contributed by atoms with Crippen LogP contribution in [0, 0.1) is 0 Å². The van der Waals surface area contributed by atoms with Gasteiger partial charge < -0.3 is 4.42 Å². The number of benzene rings is 10. The number of hydrogen-bond donors (Lipinski definition) is 0. The highest BCUT2D eigenvalue weighted by molar-refractivity contribution is 6.79. The quantitative estimate of drug-likeness (QED) is 0.0977. The third kappa shape index (κ3) is 7.30. The third-order valence-corrected chi connectivity index (χ3v) is 23.5. The summed E-state index contributed by atoms with van der Waals surface area (Å²) >= 11 is 0. The predicted molar refractivity (Wildman–Crippen MR) is 463 cm³/mol. The van der Waals surface area contributed by atoms with E-state index in [1.165, 1.54) is 262 Å². The molecule has 0 spiro atoms. The maximum absolute atomic E-state index is 7.10. The van der Waals surface area contributed by atoms with E-state index in [9.17, 15) is 0 Å². The molecule has 0 unspecified atom stereocenters. The summed E-state index contributed by atoms with van der Waals surface area (Å²) in [5.41, 5.74) is 51.5. The zero-order valence-corrected chi connectivity index (χ0v) is 55.4. The fraction of sp³-hybridized carbons (Fsp3) is 0. The minimum atomic E-state index is 1.03. The Bertz CT molecular complexity index is 4850. The summed E-state index contributed by atoms with van der Waals surface area (Å²) in [5.74, 6) is 0. The van der Waals surface area contributed by atoms with Crippen LogP contribution < -0.4 is 164 Å². The lowest BCUT2D eigenvalue weighted by atomic mass is 9.55. The Balaban J connectivity index is 1.36. The first-order chi connectivity index (χ1) is 37.8. The van der Waals surface area contributed by atoms with Crippen molar-refractivity contribution in [2.75, 3.05) is 0 Å². The molecule has 356 valence electrons. The highest BCUT2D eigenvalue weighted by Gasteiger charge is 2.32. The molecule has 0 radical (unpaired) electrons. The van der Waals surface area contributed by atoms with E-state index in [1.54, 1.807) is 0 Å². The second-order valence-corrected chi connectivity index (χ2v) is 26.3. The molecule has 11 aromatic rings. The molecular weight excluding hydrogens is 941 g/mol. The molecule has 0 aliphatic rings. The van der Waals surface area contributed by atoms with Gasteiger partial charge in [-0.05, 0) is 87.2 Å². The molecule has 1 aromatic heterocycles. The number of fused-ring (bicyclic) bond motifs is 9. The molecule has 0 atom stereocenters. The molecule has 0 saturated carbocycles. The summed E-state index contributed by atoms with van der Waals surface area (Å²) < 4.78 is 7.10. The average molecular weight is 1000 g/mol. The minimum absolute atomic E-state index is 1.03. The standard InChI is InChI=1S/C50H60B30O/c51-19-9(7-8(28(60)42(74)41(73)27(7)59)10-14(19)34(66)44(76)43(75)29(10)61)13-21(53)16-15(33(65)31(13)63)20(52)11(30(62)32(16)64)1-3-5(25(57)39(71)37(69)23(3)55)2(6-4(1)24(56)38(70)40(72)26(6)58)12-22(54)17-18-36(68)45(77)46(78)48(80)50(18)81-49(17)47(79)35(12)67/h51-80H2. The lowest BCUT2D eigenvalue weighted by molar-refractivity contribution is 0.675. The van der Waals surface area contributed by atoms with E-state index in [0.717, 1.165) is 11.2 Å². The van der Waals surface area contributed by atoms with Crippen molar-refractivity contribution in [1.82, 2.24) is 0 Å². The van der Waals surface area contributed by atoms with Gasteiger partial charge in [0.15, 0.2) is 0 Å². The Morgan fingerprint density at radius 2 is 0.284 bits per heavy atom. The van der Waals surface area contributed by atoms with Gasteiger partial charge in [-0.1, -0.05) is 115 Å². The average Bonchev–Trinajstić information content (AvgIpc) is 2.31. The largest absolute Gasteiger partial charge is 0.457 e. The summed E-state index contributed by atoms with van der Waals surface area (Å²) in [6.45, 7) is 0. The molecule has 1 heterocycles. The van der Waals surface area contributed by atoms with Gasteiger partial charge in [0.25, 0.3) is 0 Å². The van der Waals surface area contributed by atoms with Crippen LogP contribution in [0.25, 0.3) is 109 Å². The Morgan fingerprint density at radius 3 is 0.630 bits per heavy atom. The Kier molecular flexibility index (Phi) is 13.9. The van der Waals surface area contributed by atoms with Crippen molar-refractivity contribution in [2.45, 2.75) is 0 Å². The van der Waals surface area contributed by atoms with E-state index in [0.29, 0.717) is 0 Å². The molecule has 0 saturated heterocycles. The Hall–Kier alpha value is -4.75. The molecule has 11 rings (SSSR count). The maximum atomic E-state index is 7.10. The van der Waals surface area contributed by atoms with Crippen LogP contribution in [0.4, 0.5) is 0 Å². The fourth-order valence-electron chi connectivity index (χ4n) is 16.6. The van der Waals surface area contributed by atoms with Crippen molar-refractivity contribution in [2.24, 2.45) is 0 Å². The molecule has 1 nitrogen and oxygen atoms in total. The van der Waals surface area contributed by atoms with Crippen molar-refractivity contribution in [3.05, 3.63) is 0 Å². The van der Waals surface area contributed by atoms with Gasteiger partial charge in [-0.2, -0.15) is 0 Å². The van der Waals surface area contributed by atoms with Gasteiger partial charge in [-0.15, -0.1) is 49.2 Å². The molecule has 0 aliphatic heterocycles. The van der Waals surface area contributed by atoms with Crippen LogP contribution in [-0.2, 0) is 0 Å². The smallest absolute Gasteiger partial charge is 0.143 e. The molecular formula is C50H60B30O. The first-order valence-corrected chi connectivity index (χ1v) is 30.2. The zero-order chi connectivity index (χ0) is 59.6. The van der Waals surface area contributed by atoms with Gasteiger partial charge >= 0.3 is 0 Å². The van der Waals surface area contributed by atoms with E-state index in [-0.39, 0.29) is 0 Å². The highest BCUT2D eigenvalue weighted by atomic mass is 16.3. The Morgan fingerprint density at radius 1 is 0.111 bits per heavy atom.